The molecule has 0 aliphatic carbocycles. The second-order valence-corrected chi connectivity index (χ2v) is 4.17. The SMILES string of the molecule is Nc1nnc(NC(=O)c2ccncc2Cl)s1. The van der Waals surface area contributed by atoms with Crippen LogP contribution in [0.4, 0.5) is 10.3 Å². The lowest BCUT2D eigenvalue weighted by molar-refractivity contribution is 0.102. The largest absolute Gasteiger partial charge is 0.374 e. The lowest BCUT2D eigenvalue weighted by Crippen LogP contribution is -2.12. The highest BCUT2D eigenvalue weighted by Gasteiger charge is 2.12. The summed E-state index contributed by atoms with van der Waals surface area (Å²) in [5, 5.41) is 10.7. The second kappa shape index (κ2) is 4.42. The zero-order valence-corrected chi connectivity index (χ0v) is 9.42. The zero-order chi connectivity index (χ0) is 11.5. The fraction of sp³-hybridized carbons (Fsp3) is 0. The Hall–Kier alpha value is -1.73. The molecule has 0 spiro atoms. The van der Waals surface area contributed by atoms with Crippen molar-refractivity contribution >= 4 is 39.1 Å². The lowest BCUT2D eigenvalue weighted by Gasteiger charge is -2.01. The van der Waals surface area contributed by atoms with Crippen molar-refractivity contribution in [3.8, 4) is 0 Å². The van der Waals surface area contributed by atoms with Gasteiger partial charge in [-0.1, -0.05) is 22.9 Å². The van der Waals surface area contributed by atoms with E-state index in [1.54, 1.807) is 0 Å². The van der Waals surface area contributed by atoms with E-state index in [0.29, 0.717) is 10.7 Å². The molecule has 0 saturated heterocycles. The third kappa shape index (κ3) is 2.26. The predicted octanol–water partition coefficient (Wildman–Crippen LogP) is 1.42. The number of pyridine rings is 1. The van der Waals surface area contributed by atoms with E-state index in [9.17, 15) is 4.79 Å². The molecular weight excluding hydrogens is 250 g/mol. The monoisotopic (exact) mass is 255 g/mol. The molecule has 6 nitrogen and oxygen atoms in total. The van der Waals surface area contributed by atoms with Crippen molar-refractivity contribution in [2.24, 2.45) is 0 Å². The van der Waals surface area contributed by atoms with E-state index < -0.39 is 0 Å². The Kier molecular flexibility index (Phi) is 2.97. The van der Waals surface area contributed by atoms with E-state index in [2.05, 4.69) is 20.5 Å². The molecule has 2 aromatic rings. The molecule has 2 aromatic heterocycles. The van der Waals surface area contributed by atoms with Gasteiger partial charge >= 0.3 is 0 Å². The Morgan fingerprint density at radius 3 is 2.94 bits per heavy atom. The molecule has 16 heavy (non-hydrogen) atoms. The number of halogens is 1. The molecule has 2 heterocycles. The maximum absolute atomic E-state index is 11.7. The maximum atomic E-state index is 11.7. The maximum Gasteiger partial charge on any atom is 0.259 e. The minimum atomic E-state index is -0.372. The highest BCUT2D eigenvalue weighted by molar-refractivity contribution is 7.19. The summed E-state index contributed by atoms with van der Waals surface area (Å²) in [5.41, 5.74) is 5.70. The summed E-state index contributed by atoms with van der Waals surface area (Å²) in [4.78, 5) is 15.5. The van der Waals surface area contributed by atoms with Gasteiger partial charge in [-0.3, -0.25) is 15.1 Å². The summed E-state index contributed by atoms with van der Waals surface area (Å²) in [5.74, 6) is -0.372. The Balaban J connectivity index is 2.18. The van der Waals surface area contributed by atoms with Crippen molar-refractivity contribution < 1.29 is 4.79 Å². The third-order valence-corrected chi connectivity index (χ3v) is 2.65. The third-order valence-electron chi connectivity index (χ3n) is 1.68. The first kappa shape index (κ1) is 10.8. The number of nitrogen functional groups attached to an aromatic ring is 1. The molecule has 0 aliphatic rings. The van der Waals surface area contributed by atoms with Gasteiger partial charge in [-0.2, -0.15) is 0 Å². The highest BCUT2D eigenvalue weighted by Crippen LogP contribution is 2.19. The van der Waals surface area contributed by atoms with Crippen molar-refractivity contribution in [3.63, 3.8) is 0 Å². The summed E-state index contributed by atoms with van der Waals surface area (Å²) >= 11 is 6.89. The van der Waals surface area contributed by atoms with Gasteiger partial charge in [0.1, 0.15) is 0 Å². The van der Waals surface area contributed by atoms with Crippen LogP contribution >= 0.6 is 22.9 Å². The average Bonchev–Trinajstić information content (AvgIpc) is 2.64. The quantitative estimate of drug-likeness (QED) is 0.846. The smallest absolute Gasteiger partial charge is 0.259 e. The Morgan fingerprint density at radius 1 is 1.50 bits per heavy atom. The second-order valence-electron chi connectivity index (χ2n) is 2.76. The zero-order valence-electron chi connectivity index (χ0n) is 7.85. The van der Waals surface area contributed by atoms with Crippen LogP contribution in [0.25, 0.3) is 0 Å². The van der Waals surface area contributed by atoms with Crippen LogP contribution in [-0.4, -0.2) is 21.1 Å². The van der Waals surface area contributed by atoms with Gasteiger partial charge in [0.25, 0.3) is 5.91 Å². The number of nitrogens with zero attached hydrogens (tertiary/aromatic N) is 3. The van der Waals surface area contributed by atoms with Crippen LogP contribution in [0.2, 0.25) is 5.02 Å². The fourth-order valence-electron chi connectivity index (χ4n) is 1.01. The number of hydrogen-bond donors (Lipinski definition) is 2. The van der Waals surface area contributed by atoms with Gasteiger partial charge in [0.15, 0.2) is 0 Å². The molecule has 0 atom stereocenters. The topological polar surface area (TPSA) is 93.8 Å². The van der Waals surface area contributed by atoms with Crippen molar-refractivity contribution in [1.29, 1.82) is 0 Å². The fourth-order valence-corrected chi connectivity index (χ4v) is 1.72. The van der Waals surface area contributed by atoms with E-state index in [1.165, 1.54) is 18.5 Å². The van der Waals surface area contributed by atoms with E-state index in [-0.39, 0.29) is 16.1 Å². The number of hydrogen-bond acceptors (Lipinski definition) is 6. The summed E-state index contributed by atoms with van der Waals surface area (Å²) in [6.07, 6.45) is 2.88. The molecule has 1 amide bonds. The van der Waals surface area contributed by atoms with Crippen LogP contribution in [0.5, 0.6) is 0 Å². The average molecular weight is 256 g/mol. The minimum absolute atomic E-state index is 0.275. The summed E-state index contributed by atoms with van der Waals surface area (Å²) in [7, 11) is 0. The first-order valence-corrected chi connectivity index (χ1v) is 5.36. The van der Waals surface area contributed by atoms with Crippen molar-refractivity contribution in [2.45, 2.75) is 0 Å². The Morgan fingerprint density at radius 2 is 2.31 bits per heavy atom. The van der Waals surface area contributed by atoms with Crippen molar-refractivity contribution in [1.82, 2.24) is 15.2 Å². The van der Waals surface area contributed by atoms with E-state index in [1.807, 2.05) is 0 Å². The van der Waals surface area contributed by atoms with Crippen molar-refractivity contribution in [3.05, 3.63) is 29.0 Å². The van der Waals surface area contributed by atoms with Crippen LogP contribution in [0.3, 0.4) is 0 Å². The van der Waals surface area contributed by atoms with E-state index in [0.717, 1.165) is 11.3 Å². The first-order valence-electron chi connectivity index (χ1n) is 4.16. The highest BCUT2D eigenvalue weighted by atomic mass is 35.5. The molecule has 0 aliphatic heterocycles. The number of carbonyl (C=O) groups is 1. The number of nitrogens with two attached hydrogens (primary N) is 1. The summed E-state index contributed by atoms with van der Waals surface area (Å²) in [6, 6.07) is 1.52. The summed E-state index contributed by atoms with van der Waals surface area (Å²) < 4.78 is 0. The van der Waals surface area contributed by atoms with Crippen LogP contribution in [-0.2, 0) is 0 Å². The van der Waals surface area contributed by atoms with Gasteiger partial charge in [0, 0.05) is 12.4 Å². The van der Waals surface area contributed by atoms with Crippen LogP contribution in [0.1, 0.15) is 10.4 Å². The van der Waals surface area contributed by atoms with Gasteiger partial charge in [-0.25, -0.2) is 0 Å². The van der Waals surface area contributed by atoms with Gasteiger partial charge in [0.2, 0.25) is 10.3 Å². The Labute approximate surface area is 99.5 Å². The number of carbonyl (C=O) groups excluding carboxylic acids is 1. The number of aromatic nitrogens is 3. The van der Waals surface area contributed by atoms with Crippen LogP contribution in [0.15, 0.2) is 18.5 Å². The molecule has 0 unspecified atom stereocenters. The molecule has 0 aromatic carbocycles. The first-order chi connectivity index (χ1) is 7.66. The number of amides is 1. The summed E-state index contributed by atoms with van der Waals surface area (Å²) in [6.45, 7) is 0. The molecular formula is C8H6ClN5OS. The minimum Gasteiger partial charge on any atom is -0.374 e. The van der Waals surface area contributed by atoms with E-state index in [4.69, 9.17) is 17.3 Å². The van der Waals surface area contributed by atoms with Crippen molar-refractivity contribution in [2.75, 3.05) is 11.1 Å². The predicted molar refractivity (Wildman–Crippen MR) is 61.5 cm³/mol. The normalized spacial score (nSPS) is 10.1. The van der Waals surface area contributed by atoms with Crippen LogP contribution in [0, 0.1) is 0 Å². The number of rotatable bonds is 2. The Bertz CT molecular complexity index is 529. The van der Waals surface area contributed by atoms with E-state index >= 15 is 0 Å². The molecule has 8 heteroatoms. The van der Waals surface area contributed by atoms with Gasteiger partial charge in [-0.15, -0.1) is 10.2 Å². The molecule has 0 radical (unpaired) electrons. The van der Waals surface area contributed by atoms with Gasteiger partial charge < -0.3 is 5.73 Å². The molecule has 0 fully saturated rings. The number of nitrogens with one attached hydrogen (secondary N) is 1. The molecule has 2 rings (SSSR count). The van der Waals surface area contributed by atoms with Crippen LogP contribution < -0.4 is 11.1 Å². The molecule has 0 saturated carbocycles. The molecule has 82 valence electrons. The molecule has 3 N–H and O–H groups in total. The van der Waals surface area contributed by atoms with Gasteiger partial charge in [-0.05, 0) is 6.07 Å². The standard InChI is InChI=1S/C8H6ClN5OS/c9-5-3-11-2-1-4(5)6(15)12-8-14-13-7(10)16-8/h1-3H,(H2,10,13)(H,12,14,15). The molecule has 0 bridgehead atoms. The lowest BCUT2D eigenvalue weighted by atomic mass is 10.2. The van der Waals surface area contributed by atoms with Gasteiger partial charge in [0.05, 0.1) is 10.6 Å². The number of anilines is 2.